The second-order valence-corrected chi connectivity index (χ2v) is 4.80. The van der Waals surface area contributed by atoms with Crippen molar-refractivity contribution in [1.82, 2.24) is 5.32 Å². The first kappa shape index (κ1) is 14.5. The zero-order valence-electron chi connectivity index (χ0n) is 10.1. The van der Waals surface area contributed by atoms with Crippen LogP contribution in [0.25, 0.3) is 0 Å². The summed E-state index contributed by atoms with van der Waals surface area (Å²) in [5.74, 6) is -0.0646. The van der Waals surface area contributed by atoms with Crippen LogP contribution in [0.5, 0.6) is 0 Å². The Hall–Kier alpha value is -1.56. The molecule has 0 spiro atoms. The summed E-state index contributed by atoms with van der Waals surface area (Å²) in [5, 5.41) is 14.3. The smallest absolute Gasteiger partial charge is 0.251 e. The van der Waals surface area contributed by atoms with Crippen molar-refractivity contribution in [1.29, 1.82) is 0 Å². The van der Waals surface area contributed by atoms with Gasteiger partial charge in [-0.05, 0) is 24.6 Å². The highest BCUT2D eigenvalue weighted by Gasteiger charge is 2.13. The van der Waals surface area contributed by atoms with E-state index in [0.717, 1.165) is 4.47 Å². The molecule has 0 fully saturated rings. The number of oxime groups is 1. The van der Waals surface area contributed by atoms with Crippen LogP contribution >= 0.6 is 15.9 Å². The molecule has 1 aromatic rings. The number of hydrogen-bond donors (Lipinski definition) is 3. The van der Waals surface area contributed by atoms with E-state index in [0.29, 0.717) is 18.4 Å². The predicted molar refractivity (Wildman–Crippen MR) is 73.7 cm³/mol. The molecule has 98 valence electrons. The van der Waals surface area contributed by atoms with Crippen LogP contribution in [0.1, 0.15) is 30.1 Å². The number of hydrogen-bond acceptors (Lipinski definition) is 3. The van der Waals surface area contributed by atoms with Crippen LogP contribution in [0, 0.1) is 0 Å². The third-order valence-corrected chi connectivity index (χ3v) is 2.99. The lowest BCUT2D eigenvalue weighted by atomic mass is 10.1. The molecule has 0 aliphatic carbocycles. The first-order valence-corrected chi connectivity index (χ1v) is 6.39. The Kier molecular flexibility index (Phi) is 5.64. The Bertz CT molecular complexity index is 449. The van der Waals surface area contributed by atoms with Gasteiger partial charge in [0.15, 0.2) is 0 Å². The lowest BCUT2D eigenvalue weighted by molar-refractivity contribution is 0.0937. The monoisotopic (exact) mass is 313 g/mol. The summed E-state index contributed by atoms with van der Waals surface area (Å²) >= 11 is 3.31. The van der Waals surface area contributed by atoms with Crippen molar-refractivity contribution < 1.29 is 10.0 Å². The second kappa shape index (κ2) is 7.00. The van der Waals surface area contributed by atoms with Crippen LogP contribution < -0.4 is 11.1 Å². The van der Waals surface area contributed by atoms with Crippen molar-refractivity contribution in [2.45, 2.75) is 25.8 Å². The van der Waals surface area contributed by atoms with Crippen molar-refractivity contribution in [3.05, 3.63) is 34.3 Å². The van der Waals surface area contributed by atoms with Gasteiger partial charge in [-0.25, -0.2) is 0 Å². The molecule has 0 bridgehead atoms. The predicted octanol–water partition coefficient (Wildman–Crippen LogP) is 2.09. The molecule has 0 heterocycles. The molecule has 1 unspecified atom stereocenters. The quantitative estimate of drug-likeness (QED) is 0.336. The molecular formula is C12H16BrN3O2. The Morgan fingerprint density at radius 1 is 1.61 bits per heavy atom. The molecule has 0 radical (unpaired) electrons. The van der Waals surface area contributed by atoms with E-state index in [4.69, 9.17) is 10.9 Å². The van der Waals surface area contributed by atoms with E-state index in [1.54, 1.807) is 18.2 Å². The van der Waals surface area contributed by atoms with Gasteiger partial charge in [0.2, 0.25) is 0 Å². The fourth-order valence-corrected chi connectivity index (χ4v) is 1.89. The van der Waals surface area contributed by atoms with Crippen molar-refractivity contribution in [3.8, 4) is 0 Å². The van der Waals surface area contributed by atoms with Gasteiger partial charge in [-0.2, -0.15) is 0 Å². The second-order valence-electron chi connectivity index (χ2n) is 3.88. The van der Waals surface area contributed by atoms with Gasteiger partial charge in [-0.1, -0.05) is 34.1 Å². The zero-order valence-corrected chi connectivity index (χ0v) is 11.6. The van der Waals surface area contributed by atoms with Gasteiger partial charge in [-0.3, -0.25) is 4.79 Å². The standard InChI is InChI=1S/C12H16BrN3O2/c1-2-10(7-11(14)16-18)15-12(17)8-4-3-5-9(13)6-8/h3-6,10,18H,2,7H2,1H3,(H2,14,16)(H,15,17). The molecule has 0 aromatic heterocycles. The highest BCUT2D eigenvalue weighted by Crippen LogP contribution is 2.12. The molecule has 1 atom stereocenters. The maximum absolute atomic E-state index is 12.0. The van der Waals surface area contributed by atoms with E-state index in [2.05, 4.69) is 26.4 Å². The fourth-order valence-electron chi connectivity index (χ4n) is 1.49. The molecule has 0 saturated heterocycles. The van der Waals surface area contributed by atoms with Gasteiger partial charge >= 0.3 is 0 Å². The van der Waals surface area contributed by atoms with Gasteiger partial charge in [-0.15, -0.1) is 0 Å². The molecule has 0 aliphatic rings. The van der Waals surface area contributed by atoms with Crippen LogP contribution in [-0.4, -0.2) is 23.0 Å². The Labute approximate surface area is 114 Å². The number of nitrogens with two attached hydrogens (primary N) is 1. The third kappa shape index (κ3) is 4.37. The third-order valence-electron chi connectivity index (χ3n) is 2.50. The molecule has 1 aromatic carbocycles. The summed E-state index contributed by atoms with van der Waals surface area (Å²) < 4.78 is 0.847. The van der Waals surface area contributed by atoms with Crippen molar-refractivity contribution in [2.24, 2.45) is 10.9 Å². The average molecular weight is 314 g/mol. The highest BCUT2D eigenvalue weighted by atomic mass is 79.9. The minimum absolute atomic E-state index is 0.108. The number of carbonyl (C=O) groups excluding carboxylic acids is 1. The summed E-state index contributed by atoms with van der Waals surface area (Å²) in [6.07, 6.45) is 1.03. The van der Waals surface area contributed by atoms with E-state index in [-0.39, 0.29) is 17.8 Å². The lowest BCUT2D eigenvalue weighted by Crippen LogP contribution is -2.37. The lowest BCUT2D eigenvalue weighted by Gasteiger charge is -2.16. The van der Waals surface area contributed by atoms with Crippen LogP contribution in [-0.2, 0) is 0 Å². The molecule has 18 heavy (non-hydrogen) atoms. The minimum Gasteiger partial charge on any atom is -0.409 e. The van der Waals surface area contributed by atoms with E-state index in [1.807, 2.05) is 13.0 Å². The maximum atomic E-state index is 12.0. The van der Waals surface area contributed by atoms with Gasteiger partial charge in [0, 0.05) is 22.5 Å². The number of nitrogens with one attached hydrogen (secondary N) is 1. The summed E-state index contributed by atoms with van der Waals surface area (Å²) in [5.41, 5.74) is 6.00. The van der Waals surface area contributed by atoms with Crippen molar-refractivity contribution in [2.75, 3.05) is 0 Å². The van der Waals surface area contributed by atoms with E-state index >= 15 is 0 Å². The summed E-state index contributed by atoms with van der Waals surface area (Å²) in [6, 6.07) is 6.97. The Balaban J connectivity index is 2.68. The molecule has 5 nitrogen and oxygen atoms in total. The number of rotatable bonds is 5. The Morgan fingerprint density at radius 3 is 2.89 bits per heavy atom. The number of amides is 1. The fraction of sp³-hybridized carbons (Fsp3) is 0.333. The van der Waals surface area contributed by atoms with E-state index in [9.17, 15) is 4.79 Å². The number of carbonyl (C=O) groups is 1. The van der Waals surface area contributed by atoms with Crippen molar-refractivity contribution >= 4 is 27.7 Å². The van der Waals surface area contributed by atoms with E-state index in [1.165, 1.54) is 0 Å². The van der Waals surface area contributed by atoms with Gasteiger partial charge in [0.25, 0.3) is 5.91 Å². The largest absolute Gasteiger partial charge is 0.409 e. The van der Waals surface area contributed by atoms with Crippen LogP contribution in [0.15, 0.2) is 33.9 Å². The summed E-state index contributed by atoms with van der Waals surface area (Å²) in [7, 11) is 0. The molecule has 6 heteroatoms. The van der Waals surface area contributed by atoms with Crippen LogP contribution in [0.4, 0.5) is 0 Å². The average Bonchev–Trinajstić information content (AvgIpc) is 2.37. The molecule has 4 N–H and O–H groups in total. The normalized spacial score (nSPS) is 13.1. The SMILES string of the molecule is CCC(CC(N)=NO)NC(=O)c1cccc(Br)c1. The maximum Gasteiger partial charge on any atom is 0.251 e. The summed E-state index contributed by atoms with van der Waals surface area (Å²) in [6.45, 7) is 1.93. The first-order chi connectivity index (χ1) is 8.56. The molecular weight excluding hydrogens is 298 g/mol. The highest BCUT2D eigenvalue weighted by molar-refractivity contribution is 9.10. The van der Waals surface area contributed by atoms with Gasteiger partial charge in [0.1, 0.15) is 5.84 Å². The molecule has 0 aliphatic heterocycles. The minimum atomic E-state index is -0.172. The molecule has 0 saturated carbocycles. The molecule has 1 rings (SSSR count). The Morgan fingerprint density at radius 2 is 2.33 bits per heavy atom. The molecule has 1 amide bonds. The van der Waals surface area contributed by atoms with Crippen LogP contribution in [0.2, 0.25) is 0 Å². The van der Waals surface area contributed by atoms with Gasteiger partial charge < -0.3 is 16.3 Å². The van der Waals surface area contributed by atoms with E-state index < -0.39 is 0 Å². The number of benzene rings is 1. The van der Waals surface area contributed by atoms with Crippen LogP contribution in [0.3, 0.4) is 0 Å². The number of nitrogens with zero attached hydrogens (tertiary/aromatic N) is 1. The number of halogens is 1. The zero-order chi connectivity index (χ0) is 13.5. The topological polar surface area (TPSA) is 87.7 Å². The van der Waals surface area contributed by atoms with Crippen molar-refractivity contribution in [3.63, 3.8) is 0 Å². The first-order valence-electron chi connectivity index (χ1n) is 5.59. The van der Waals surface area contributed by atoms with Gasteiger partial charge in [0.05, 0.1) is 0 Å². The number of amidine groups is 1. The summed E-state index contributed by atoms with van der Waals surface area (Å²) in [4.78, 5) is 12.0.